The van der Waals surface area contributed by atoms with Gasteiger partial charge < -0.3 is 10.3 Å². The number of hydrogen-bond acceptors (Lipinski definition) is 4. The maximum Gasteiger partial charge on any atom is 0.326 e. The van der Waals surface area contributed by atoms with Gasteiger partial charge in [0.15, 0.2) is 0 Å². The molecule has 280 valence electrons. The Balaban J connectivity index is 1.28. The molecule has 0 saturated heterocycles. The Labute approximate surface area is 325 Å². The van der Waals surface area contributed by atoms with E-state index in [1.807, 2.05) is 24.3 Å². The molecule has 0 bridgehead atoms. The summed E-state index contributed by atoms with van der Waals surface area (Å²) in [6.07, 6.45) is 3.27. The summed E-state index contributed by atoms with van der Waals surface area (Å²) in [5.41, 5.74) is 8.95. The zero-order valence-corrected chi connectivity index (χ0v) is 32.6. The highest BCUT2D eigenvalue weighted by Gasteiger charge is 2.24. The van der Waals surface area contributed by atoms with Crippen molar-refractivity contribution >= 4 is 28.4 Å². The highest BCUT2D eigenvalue weighted by molar-refractivity contribution is 6.03. The number of rotatable bonds is 13. The quantitative estimate of drug-likeness (QED) is 0.116. The van der Waals surface area contributed by atoms with Crippen LogP contribution >= 0.6 is 0 Å². The number of amides is 2. The lowest BCUT2D eigenvalue weighted by atomic mass is 9.88. The molecular formula is C48H51N5O2. The molecule has 7 heteroatoms. The highest BCUT2D eigenvalue weighted by atomic mass is 16.2. The van der Waals surface area contributed by atoms with Crippen molar-refractivity contribution in [1.29, 1.82) is 0 Å². The largest absolute Gasteiger partial charge is 0.326 e. The van der Waals surface area contributed by atoms with E-state index in [-0.39, 0.29) is 23.4 Å². The lowest BCUT2D eigenvalue weighted by molar-refractivity contribution is 0.256. The number of anilines is 2. The van der Waals surface area contributed by atoms with Gasteiger partial charge in [0.1, 0.15) is 11.3 Å². The van der Waals surface area contributed by atoms with E-state index < -0.39 is 0 Å². The van der Waals surface area contributed by atoms with Crippen LogP contribution in [0.25, 0.3) is 22.2 Å². The summed E-state index contributed by atoms with van der Waals surface area (Å²) in [6, 6.07) is 39.0. The molecule has 6 rings (SSSR count). The van der Waals surface area contributed by atoms with Crippen LogP contribution in [0.1, 0.15) is 87.1 Å². The van der Waals surface area contributed by atoms with Crippen molar-refractivity contribution in [2.24, 2.45) is 0 Å². The Kier molecular flexibility index (Phi) is 12.9. The molecule has 2 heterocycles. The normalized spacial score (nSPS) is 11.2. The lowest BCUT2D eigenvalue weighted by Crippen LogP contribution is -2.39. The van der Waals surface area contributed by atoms with Gasteiger partial charge >= 0.3 is 6.03 Å². The van der Waals surface area contributed by atoms with Crippen molar-refractivity contribution in [3.8, 4) is 23.0 Å². The van der Waals surface area contributed by atoms with Gasteiger partial charge in [-0.05, 0) is 94.1 Å². The number of carbonyl (C=O) groups is 1. The average molecular weight is 730 g/mol. The molecule has 2 N–H and O–H groups in total. The highest BCUT2D eigenvalue weighted by Crippen LogP contribution is 2.38. The zero-order valence-electron chi connectivity index (χ0n) is 32.6. The number of hydrogen-bond donors (Lipinski definition) is 2. The van der Waals surface area contributed by atoms with Gasteiger partial charge in [-0.15, -0.1) is 0 Å². The second kappa shape index (κ2) is 18.4. The maximum atomic E-state index is 14.2. The van der Waals surface area contributed by atoms with Gasteiger partial charge in [0, 0.05) is 42.5 Å². The molecular weight excluding hydrogens is 679 g/mol. The fraction of sp³-hybridized carbons (Fsp3) is 0.271. The van der Waals surface area contributed by atoms with Crippen LogP contribution in [0.5, 0.6) is 0 Å². The molecule has 0 spiro atoms. The molecule has 0 radical (unpaired) electrons. The predicted octanol–water partition coefficient (Wildman–Crippen LogP) is 10.7. The molecule has 6 aromatic rings. The predicted molar refractivity (Wildman–Crippen MR) is 228 cm³/mol. The Morgan fingerprint density at radius 3 is 2.05 bits per heavy atom. The van der Waals surface area contributed by atoms with Crippen LogP contribution in [-0.2, 0) is 13.1 Å². The smallest absolute Gasteiger partial charge is 0.307 e. The van der Waals surface area contributed by atoms with E-state index in [0.29, 0.717) is 24.4 Å². The van der Waals surface area contributed by atoms with Crippen LogP contribution in [0.15, 0.2) is 126 Å². The van der Waals surface area contributed by atoms with E-state index in [2.05, 4.69) is 152 Å². The SMILES string of the molecule is CCCCN(C(=O)Nc1c(C(C)C)cc(-c2cccc(C#CCN(Cc3ccccc3)Cc3ccccc3)c2)cc1C(C)C)c1cc2cccnc2[nH]c1=O. The third-order valence-electron chi connectivity index (χ3n) is 9.77. The molecule has 0 unspecified atom stereocenters. The number of unbranched alkanes of at least 4 members (excludes halogenated alkanes) is 1. The van der Waals surface area contributed by atoms with Crippen LogP contribution in [0.4, 0.5) is 16.2 Å². The molecule has 0 aliphatic rings. The second-order valence-electron chi connectivity index (χ2n) is 14.7. The molecule has 0 aliphatic heterocycles. The number of benzene rings is 4. The number of fused-ring (bicyclic) bond motifs is 1. The van der Waals surface area contributed by atoms with Gasteiger partial charge in [-0.2, -0.15) is 0 Å². The Hall–Kier alpha value is -5.97. The van der Waals surface area contributed by atoms with E-state index in [1.54, 1.807) is 17.2 Å². The van der Waals surface area contributed by atoms with E-state index in [4.69, 9.17) is 0 Å². The first kappa shape index (κ1) is 38.7. The first-order valence-electron chi connectivity index (χ1n) is 19.3. The molecule has 0 saturated carbocycles. The standard InChI is InChI=1S/C48H51N5O2/c1-6-7-27-53(44-31-40-24-15-25-49-46(40)51-47(44)54)48(55)50-45-42(34(2)3)29-41(30-43(45)35(4)5)39-23-14-21-36(28-39)22-16-26-52(32-37-17-10-8-11-18-37)33-38-19-12-9-13-20-38/h8-15,17-21,23-25,28-31,34-35H,6-7,26-27,32-33H2,1-5H3,(H,50,55)(H,49,51,54). The number of carbonyl (C=O) groups excluding carboxylic acids is 1. The topological polar surface area (TPSA) is 81.3 Å². The fourth-order valence-corrected chi connectivity index (χ4v) is 6.84. The summed E-state index contributed by atoms with van der Waals surface area (Å²) in [7, 11) is 0. The van der Waals surface area contributed by atoms with Crippen LogP contribution in [0, 0.1) is 11.8 Å². The summed E-state index contributed by atoms with van der Waals surface area (Å²) in [5.74, 6) is 7.14. The molecule has 2 amide bonds. The van der Waals surface area contributed by atoms with E-state index in [9.17, 15) is 9.59 Å². The summed E-state index contributed by atoms with van der Waals surface area (Å²) in [6.45, 7) is 13.3. The Morgan fingerprint density at radius 2 is 1.44 bits per heavy atom. The molecule has 0 fully saturated rings. The Bertz CT molecular complexity index is 2270. The first-order chi connectivity index (χ1) is 26.7. The summed E-state index contributed by atoms with van der Waals surface area (Å²) in [5, 5.41) is 4.05. The fourth-order valence-electron chi connectivity index (χ4n) is 6.84. The van der Waals surface area contributed by atoms with E-state index >= 15 is 0 Å². The van der Waals surface area contributed by atoms with Crippen molar-refractivity contribution in [3.63, 3.8) is 0 Å². The zero-order chi connectivity index (χ0) is 38.7. The van der Waals surface area contributed by atoms with Crippen molar-refractivity contribution in [2.45, 2.75) is 72.4 Å². The molecule has 2 aromatic heterocycles. The number of aromatic amines is 1. The minimum absolute atomic E-state index is 0.121. The number of H-pyrrole nitrogens is 1. The maximum absolute atomic E-state index is 14.2. The summed E-state index contributed by atoms with van der Waals surface area (Å²) >= 11 is 0. The van der Waals surface area contributed by atoms with Gasteiger partial charge in [-0.1, -0.05) is 126 Å². The van der Waals surface area contributed by atoms with Gasteiger partial charge in [-0.3, -0.25) is 14.6 Å². The summed E-state index contributed by atoms with van der Waals surface area (Å²) in [4.78, 5) is 38.6. The minimum atomic E-state index is -0.343. The first-order valence-corrected chi connectivity index (χ1v) is 19.3. The van der Waals surface area contributed by atoms with Crippen LogP contribution in [0.2, 0.25) is 0 Å². The van der Waals surface area contributed by atoms with Gasteiger partial charge in [0.05, 0.1) is 6.54 Å². The minimum Gasteiger partial charge on any atom is -0.307 e. The van der Waals surface area contributed by atoms with Gasteiger partial charge in [0.2, 0.25) is 0 Å². The second-order valence-corrected chi connectivity index (χ2v) is 14.7. The van der Waals surface area contributed by atoms with Gasteiger partial charge in [-0.25, -0.2) is 9.78 Å². The average Bonchev–Trinajstić information content (AvgIpc) is 3.19. The van der Waals surface area contributed by atoms with Crippen molar-refractivity contribution < 1.29 is 4.79 Å². The van der Waals surface area contributed by atoms with Gasteiger partial charge in [0.25, 0.3) is 5.56 Å². The third-order valence-corrected chi connectivity index (χ3v) is 9.77. The lowest BCUT2D eigenvalue weighted by Gasteiger charge is -2.27. The van der Waals surface area contributed by atoms with E-state index in [0.717, 1.165) is 64.8 Å². The molecule has 0 aliphatic carbocycles. The van der Waals surface area contributed by atoms with Crippen molar-refractivity contribution in [2.75, 3.05) is 23.3 Å². The van der Waals surface area contributed by atoms with Crippen LogP contribution in [-0.4, -0.2) is 34.0 Å². The Morgan fingerprint density at radius 1 is 0.782 bits per heavy atom. The van der Waals surface area contributed by atoms with Crippen LogP contribution in [0.3, 0.4) is 0 Å². The third kappa shape index (κ3) is 9.97. The van der Waals surface area contributed by atoms with Crippen molar-refractivity contribution in [3.05, 3.63) is 160 Å². The monoisotopic (exact) mass is 729 g/mol. The molecule has 55 heavy (non-hydrogen) atoms. The summed E-state index contributed by atoms with van der Waals surface area (Å²) < 4.78 is 0. The number of urea groups is 1. The number of nitrogens with one attached hydrogen (secondary N) is 2. The molecule has 7 nitrogen and oxygen atoms in total. The molecule has 0 atom stereocenters. The number of pyridine rings is 2. The number of nitrogens with zero attached hydrogens (tertiary/aromatic N) is 3. The van der Waals surface area contributed by atoms with E-state index in [1.165, 1.54) is 11.1 Å². The van der Waals surface area contributed by atoms with Crippen molar-refractivity contribution in [1.82, 2.24) is 14.9 Å². The molecule has 4 aromatic carbocycles. The van der Waals surface area contributed by atoms with Crippen LogP contribution < -0.4 is 15.8 Å². The number of aromatic nitrogens is 2.